The Morgan fingerprint density at radius 3 is 2.47 bits per heavy atom. The predicted molar refractivity (Wildman–Crippen MR) is 66.7 cm³/mol. The van der Waals surface area contributed by atoms with Crippen LogP contribution in [-0.2, 0) is 0 Å². The molecule has 1 aromatic rings. The first-order valence-corrected chi connectivity index (χ1v) is 6.39. The fraction of sp³-hybridized carbons (Fsp3) is 0.500. The van der Waals surface area contributed by atoms with Crippen LogP contribution >= 0.6 is 0 Å². The second-order valence-corrected chi connectivity index (χ2v) is 5.00. The highest BCUT2D eigenvalue weighted by Gasteiger charge is 2.27. The first-order valence-electron chi connectivity index (χ1n) is 6.39. The second kappa shape index (κ2) is 5.65. The molecule has 0 unspecified atom stereocenters. The Labute approximate surface area is 110 Å². The van der Waals surface area contributed by atoms with Gasteiger partial charge in [0.25, 0.3) is 5.91 Å². The van der Waals surface area contributed by atoms with Crippen LogP contribution in [0.25, 0.3) is 0 Å². The summed E-state index contributed by atoms with van der Waals surface area (Å²) in [6, 6.07) is 2.96. The van der Waals surface area contributed by atoms with Crippen molar-refractivity contribution in [3.05, 3.63) is 35.4 Å². The van der Waals surface area contributed by atoms with E-state index in [0.717, 1.165) is 6.07 Å². The average molecular weight is 269 g/mol. The number of aliphatic hydroxyl groups excluding tert-OH is 1. The van der Waals surface area contributed by atoms with Gasteiger partial charge < -0.3 is 10.0 Å². The van der Waals surface area contributed by atoms with E-state index in [1.54, 1.807) is 7.05 Å². The highest BCUT2D eigenvalue weighted by molar-refractivity contribution is 5.94. The fourth-order valence-electron chi connectivity index (χ4n) is 2.46. The Balaban J connectivity index is 2.10. The largest absolute Gasteiger partial charge is 0.393 e. The number of amides is 1. The van der Waals surface area contributed by atoms with Gasteiger partial charge in [-0.25, -0.2) is 8.78 Å². The van der Waals surface area contributed by atoms with E-state index >= 15 is 0 Å². The lowest BCUT2D eigenvalue weighted by atomic mass is 9.92. The number of rotatable bonds is 2. The number of hydrogen-bond donors (Lipinski definition) is 1. The zero-order valence-electron chi connectivity index (χ0n) is 10.8. The minimum Gasteiger partial charge on any atom is -0.393 e. The van der Waals surface area contributed by atoms with Gasteiger partial charge in [0.2, 0.25) is 0 Å². The molecule has 0 bridgehead atoms. The molecular formula is C14H17F2NO2. The Morgan fingerprint density at radius 2 is 1.89 bits per heavy atom. The van der Waals surface area contributed by atoms with Crippen LogP contribution in [0.1, 0.15) is 36.0 Å². The molecule has 0 radical (unpaired) electrons. The monoisotopic (exact) mass is 269 g/mol. The van der Waals surface area contributed by atoms with Gasteiger partial charge >= 0.3 is 0 Å². The van der Waals surface area contributed by atoms with Crippen molar-refractivity contribution >= 4 is 5.91 Å². The third-order valence-electron chi connectivity index (χ3n) is 3.70. The van der Waals surface area contributed by atoms with Crippen molar-refractivity contribution in [3.8, 4) is 0 Å². The minimum atomic E-state index is -0.840. The molecular weight excluding hydrogens is 252 g/mol. The van der Waals surface area contributed by atoms with Crippen LogP contribution in [0.15, 0.2) is 18.2 Å². The van der Waals surface area contributed by atoms with Crippen molar-refractivity contribution in [2.24, 2.45) is 0 Å². The normalized spacial score (nSPS) is 23.2. The van der Waals surface area contributed by atoms with Gasteiger partial charge in [-0.3, -0.25) is 4.79 Å². The Hall–Kier alpha value is -1.49. The zero-order valence-corrected chi connectivity index (χ0v) is 10.8. The second-order valence-electron chi connectivity index (χ2n) is 5.00. The van der Waals surface area contributed by atoms with Crippen LogP contribution in [0.3, 0.4) is 0 Å². The maximum Gasteiger partial charge on any atom is 0.256 e. The summed E-state index contributed by atoms with van der Waals surface area (Å²) >= 11 is 0. The minimum absolute atomic E-state index is 0.000327. The third kappa shape index (κ3) is 3.10. The van der Waals surface area contributed by atoms with E-state index in [1.165, 1.54) is 11.0 Å². The molecule has 1 N–H and O–H groups in total. The quantitative estimate of drug-likeness (QED) is 0.895. The SMILES string of the molecule is CN(C(=O)c1ccc(F)cc1F)C1CCC(O)CC1. The fourth-order valence-corrected chi connectivity index (χ4v) is 2.46. The highest BCUT2D eigenvalue weighted by atomic mass is 19.1. The first kappa shape index (κ1) is 13.9. The molecule has 0 saturated heterocycles. The number of benzene rings is 1. The molecule has 1 aliphatic rings. The van der Waals surface area contributed by atoms with Gasteiger partial charge in [-0.05, 0) is 37.8 Å². The molecule has 1 amide bonds. The molecule has 1 fully saturated rings. The summed E-state index contributed by atoms with van der Waals surface area (Å²) in [6.07, 6.45) is 2.39. The molecule has 0 spiro atoms. The molecule has 2 rings (SSSR count). The van der Waals surface area contributed by atoms with Crippen molar-refractivity contribution in [2.75, 3.05) is 7.05 Å². The molecule has 1 aromatic carbocycles. The van der Waals surface area contributed by atoms with Crippen molar-refractivity contribution in [1.82, 2.24) is 4.90 Å². The molecule has 1 saturated carbocycles. The molecule has 0 aliphatic heterocycles. The molecule has 104 valence electrons. The van der Waals surface area contributed by atoms with E-state index in [4.69, 9.17) is 0 Å². The molecule has 3 nitrogen and oxygen atoms in total. The summed E-state index contributed by atoms with van der Waals surface area (Å²) in [4.78, 5) is 13.6. The average Bonchev–Trinajstić information content (AvgIpc) is 2.38. The van der Waals surface area contributed by atoms with E-state index < -0.39 is 17.5 Å². The van der Waals surface area contributed by atoms with Crippen LogP contribution < -0.4 is 0 Å². The summed E-state index contributed by atoms with van der Waals surface area (Å²) in [6.45, 7) is 0. The first-order chi connectivity index (χ1) is 8.99. The summed E-state index contributed by atoms with van der Waals surface area (Å²) in [7, 11) is 1.62. The van der Waals surface area contributed by atoms with Crippen molar-refractivity contribution in [3.63, 3.8) is 0 Å². The number of carbonyl (C=O) groups excluding carboxylic acids is 1. The van der Waals surface area contributed by atoms with E-state index in [-0.39, 0.29) is 17.7 Å². The summed E-state index contributed by atoms with van der Waals surface area (Å²) in [5.74, 6) is -1.98. The topological polar surface area (TPSA) is 40.5 Å². The number of aliphatic hydroxyl groups is 1. The summed E-state index contributed by atoms with van der Waals surface area (Å²) in [5.41, 5.74) is -0.116. The lowest BCUT2D eigenvalue weighted by Crippen LogP contribution is -2.40. The molecule has 1 aliphatic carbocycles. The Bertz CT molecular complexity index is 471. The van der Waals surface area contributed by atoms with Crippen LogP contribution in [-0.4, -0.2) is 35.1 Å². The van der Waals surface area contributed by atoms with Crippen LogP contribution in [0, 0.1) is 11.6 Å². The number of carbonyl (C=O) groups is 1. The molecule has 0 heterocycles. The van der Waals surface area contributed by atoms with Gasteiger partial charge in [-0.15, -0.1) is 0 Å². The smallest absolute Gasteiger partial charge is 0.256 e. The maximum absolute atomic E-state index is 13.6. The Morgan fingerprint density at radius 1 is 1.26 bits per heavy atom. The van der Waals surface area contributed by atoms with Gasteiger partial charge in [0, 0.05) is 19.2 Å². The number of halogens is 2. The third-order valence-corrected chi connectivity index (χ3v) is 3.70. The maximum atomic E-state index is 13.6. The molecule has 0 aromatic heterocycles. The number of nitrogens with zero attached hydrogens (tertiary/aromatic N) is 1. The summed E-state index contributed by atoms with van der Waals surface area (Å²) in [5, 5.41) is 9.43. The van der Waals surface area contributed by atoms with Crippen molar-refractivity contribution in [2.45, 2.75) is 37.8 Å². The molecule has 19 heavy (non-hydrogen) atoms. The summed E-state index contributed by atoms with van der Waals surface area (Å²) < 4.78 is 26.4. The van der Waals surface area contributed by atoms with E-state index in [9.17, 15) is 18.7 Å². The molecule has 0 atom stereocenters. The van der Waals surface area contributed by atoms with Gasteiger partial charge in [-0.2, -0.15) is 0 Å². The zero-order chi connectivity index (χ0) is 14.0. The Kier molecular flexibility index (Phi) is 4.14. The van der Waals surface area contributed by atoms with Crippen LogP contribution in [0.4, 0.5) is 8.78 Å². The van der Waals surface area contributed by atoms with Gasteiger partial charge in [0.05, 0.1) is 11.7 Å². The van der Waals surface area contributed by atoms with Crippen LogP contribution in [0.5, 0.6) is 0 Å². The predicted octanol–water partition coefficient (Wildman–Crippen LogP) is 2.34. The van der Waals surface area contributed by atoms with Crippen molar-refractivity contribution < 1.29 is 18.7 Å². The highest BCUT2D eigenvalue weighted by Crippen LogP contribution is 2.24. The number of hydrogen-bond acceptors (Lipinski definition) is 2. The lowest BCUT2D eigenvalue weighted by Gasteiger charge is -2.33. The van der Waals surface area contributed by atoms with Gasteiger partial charge in [-0.1, -0.05) is 0 Å². The van der Waals surface area contributed by atoms with Crippen LogP contribution in [0.2, 0.25) is 0 Å². The van der Waals surface area contributed by atoms with E-state index in [2.05, 4.69) is 0 Å². The van der Waals surface area contributed by atoms with Crippen molar-refractivity contribution in [1.29, 1.82) is 0 Å². The van der Waals surface area contributed by atoms with Gasteiger partial charge in [0.15, 0.2) is 0 Å². The van der Waals surface area contributed by atoms with E-state index in [1.807, 2.05) is 0 Å². The van der Waals surface area contributed by atoms with E-state index in [0.29, 0.717) is 31.7 Å². The van der Waals surface area contributed by atoms with Gasteiger partial charge in [0.1, 0.15) is 11.6 Å². The lowest BCUT2D eigenvalue weighted by molar-refractivity contribution is 0.0565. The molecule has 5 heteroatoms. The standard InChI is InChI=1S/C14H17F2NO2/c1-17(10-3-5-11(18)6-4-10)14(19)12-7-2-9(15)8-13(12)16/h2,7-8,10-11,18H,3-6H2,1H3.